The summed E-state index contributed by atoms with van der Waals surface area (Å²) in [6, 6.07) is 5.14. The van der Waals surface area contributed by atoms with Crippen molar-refractivity contribution in [1.29, 1.82) is 0 Å². The third-order valence-corrected chi connectivity index (χ3v) is 5.83. The number of rotatable bonds is 6. The Morgan fingerprint density at radius 3 is 2.60 bits per heavy atom. The van der Waals surface area contributed by atoms with Crippen molar-refractivity contribution < 1.29 is 18.0 Å². The molecule has 0 bridgehead atoms. The summed E-state index contributed by atoms with van der Waals surface area (Å²) in [6.45, 7) is 5.57. The Hall–Kier alpha value is -2.09. The van der Waals surface area contributed by atoms with Crippen LogP contribution in [0.15, 0.2) is 18.2 Å². The van der Waals surface area contributed by atoms with E-state index in [1.165, 1.54) is 0 Å². The van der Waals surface area contributed by atoms with Gasteiger partial charge < -0.3 is 16.0 Å². The third kappa shape index (κ3) is 5.74. The van der Waals surface area contributed by atoms with E-state index in [0.717, 1.165) is 11.3 Å². The lowest BCUT2D eigenvalue weighted by Crippen LogP contribution is -2.39. The summed E-state index contributed by atoms with van der Waals surface area (Å²) in [7, 11) is -3.01. The van der Waals surface area contributed by atoms with Crippen LogP contribution in [0.5, 0.6) is 0 Å². The van der Waals surface area contributed by atoms with Crippen LogP contribution in [0.4, 0.5) is 11.4 Å². The van der Waals surface area contributed by atoms with E-state index in [1.54, 1.807) is 6.07 Å². The van der Waals surface area contributed by atoms with Crippen LogP contribution in [0.3, 0.4) is 0 Å². The van der Waals surface area contributed by atoms with Gasteiger partial charge in [-0.2, -0.15) is 0 Å². The van der Waals surface area contributed by atoms with Crippen molar-refractivity contribution in [3.63, 3.8) is 0 Å². The highest BCUT2D eigenvalue weighted by atomic mass is 32.2. The second kappa shape index (κ2) is 7.86. The molecule has 2 amide bonds. The summed E-state index contributed by atoms with van der Waals surface area (Å²) in [4.78, 5) is 23.8. The monoisotopic (exact) mass is 367 g/mol. The number of hydrogen-bond acceptors (Lipinski definition) is 5. The van der Waals surface area contributed by atoms with Crippen LogP contribution >= 0.6 is 0 Å². The number of nitrogens with one attached hydrogen (secondary N) is 3. The van der Waals surface area contributed by atoms with Crippen molar-refractivity contribution in [3.05, 3.63) is 23.8 Å². The number of aryl methyl sites for hydroxylation is 1. The summed E-state index contributed by atoms with van der Waals surface area (Å²) >= 11 is 0. The van der Waals surface area contributed by atoms with E-state index < -0.39 is 9.84 Å². The Kier molecular flexibility index (Phi) is 6.05. The first-order chi connectivity index (χ1) is 11.7. The number of hydrogen-bond donors (Lipinski definition) is 3. The molecule has 2 rings (SSSR count). The maximum absolute atomic E-state index is 12.0. The number of benzene rings is 1. The Balaban J connectivity index is 1.91. The highest BCUT2D eigenvalue weighted by molar-refractivity contribution is 7.91. The van der Waals surface area contributed by atoms with Gasteiger partial charge in [0.05, 0.1) is 18.1 Å². The summed E-state index contributed by atoms with van der Waals surface area (Å²) in [6.07, 6.45) is 0.462. The number of carbonyl (C=O) groups excluding carboxylic acids is 2. The largest absolute Gasteiger partial charge is 0.376 e. The van der Waals surface area contributed by atoms with Crippen LogP contribution in [0.2, 0.25) is 0 Å². The molecular weight excluding hydrogens is 342 g/mol. The molecule has 8 heteroatoms. The molecule has 1 aliphatic heterocycles. The third-order valence-electron chi connectivity index (χ3n) is 4.07. The van der Waals surface area contributed by atoms with Crippen molar-refractivity contribution in [1.82, 2.24) is 5.32 Å². The molecule has 0 saturated carbocycles. The SMILES string of the molecule is Cc1ccc(NC(=O)C(C)C)cc1NCC(=O)N[C@@H]1CCS(=O)(=O)C1. The predicted octanol–water partition coefficient (Wildman–Crippen LogP) is 1.30. The fourth-order valence-electron chi connectivity index (χ4n) is 2.54. The minimum absolute atomic E-state index is 0.00842. The quantitative estimate of drug-likeness (QED) is 0.703. The van der Waals surface area contributed by atoms with Gasteiger partial charge in [-0.1, -0.05) is 19.9 Å². The highest BCUT2D eigenvalue weighted by Crippen LogP contribution is 2.20. The molecule has 138 valence electrons. The average molecular weight is 367 g/mol. The van der Waals surface area contributed by atoms with E-state index in [9.17, 15) is 18.0 Å². The molecule has 25 heavy (non-hydrogen) atoms. The smallest absolute Gasteiger partial charge is 0.239 e. The lowest BCUT2D eigenvalue weighted by Gasteiger charge is -2.15. The van der Waals surface area contributed by atoms with E-state index in [-0.39, 0.29) is 41.8 Å². The van der Waals surface area contributed by atoms with Gasteiger partial charge in [0, 0.05) is 23.3 Å². The molecule has 1 atom stereocenters. The first-order valence-electron chi connectivity index (χ1n) is 8.31. The molecule has 1 saturated heterocycles. The van der Waals surface area contributed by atoms with Gasteiger partial charge in [-0.3, -0.25) is 9.59 Å². The van der Waals surface area contributed by atoms with Gasteiger partial charge in [-0.25, -0.2) is 8.42 Å². The number of carbonyl (C=O) groups is 2. The Labute approximate surface area is 148 Å². The van der Waals surface area contributed by atoms with E-state index in [4.69, 9.17) is 0 Å². The zero-order valence-electron chi connectivity index (χ0n) is 14.8. The molecule has 0 aliphatic carbocycles. The molecule has 0 aromatic heterocycles. The van der Waals surface area contributed by atoms with E-state index in [2.05, 4.69) is 16.0 Å². The van der Waals surface area contributed by atoms with E-state index in [0.29, 0.717) is 12.1 Å². The van der Waals surface area contributed by atoms with Crippen LogP contribution in [-0.2, 0) is 19.4 Å². The van der Waals surface area contributed by atoms with Gasteiger partial charge in [0.2, 0.25) is 11.8 Å². The van der Waals surface area contributed by atoms with Gasteiger partial charge in [-0.15, -0.1) is 0 Å². The maximum Gasteiger partial charge on any atom is 0.239 e. The molecule has 1 heterocycles. The highest BCUT2D eigenvalue weighted by Gasteiger charge is 2.28. The summed E-state index contributed by atoms with van der Waals surface area (Å²) in [5.74, 6) is -0.310. The standard InChI is InChI=1S/C17H25N3O4S/c1-11(2)17(22)20-13-5-4-12(3)15(8-13)18-9-16(21)19-14-6-7-25(23,24)10-14/h4-5,8,11,14,18H,6-7,9-10H2,1-3H3,(H,19,21)(H,20,22)/t14-/m1/s1. The number of sulfone groups is 1. The molecule has 1 fully saturated rings. The average Bonchev–Trinajstić information content (AvgIpc) is 2.86. The molecule has 0 spiro atoms. The fourth-order valence-corrected chi connectivity index (χ4v) is 4.21. The lowest BCUT2D eigenvalue weighted by atomic mass is 10.1. The second-order valence-electron chi connectivity index (χ2n) is 6.69. The predicted molar refractivity (Wildman–Crippen MR) is 98.3 cm³/mol. The molecule has 1 aromatic rings. The van der Waals surface area contributed by atoms with Crippen LogP contribution in [0, 0.1) is 12.8 Å². The van der Waals surface area contributed by atoms with Gasteiger partial charge in [0.25, 0.3) is 0 Å². The molecule has 1 aromatic carbocycles. The molecular formula is C17H25N3O4S. The minimum atomic E-state index is -3.01. The molecule has 0 unspecified atom stereocenters. The first-order valence-corrected chi connectivity index (χ1v) is 10.1. The first kappa shape index (κ1) is 19.2. The molecule has 1 aliphatic rings. The van der Waals surface area contributed by atoms with E-state index in [1.807, 2.05) is 32.9 Å². The van der Waals surface area contributed by atoms with Gasteiger partial charge in [-0.05, 0) is 31.0 Å². The molecule has 0 radical (unpaired) electrons. The summed E-state index contributed by atoms with van der Waals surface area (Å²) in [5, 5.41) is 8.59. The second-order valence-corrected chi connectivity index (χ2v) is 8.92. The van der Waals surface area contributed by atoms with Crippen molar-refractivity contribution in [3.8, 4) is 0 Å². The molecule has 3 N–H and O–H groups in total. The van der Waals surface area contributed by atoms with Crippen molar-refractivity contribution in [2.75, 3.05) is 28.7 Å². The van der Waals surface area contributed by atoms with Crippen molar-refractivity contribution >= 4 is 33.0 Å². The normalized spacial score (nSPS) is 18.8. The Morgan fingerprint density at radius 2 is 2.00 bits per heavy atom. The zero-order chi connectivity index (χ0) is 18.6. The van der Waals surface area contributed by atoms with Crippen LogP contribution in [0.1, 0.15) is 25.8 Å². The van der Waals surface area contributed by atoms with Crippen molar-refractivity contribution in [2.24, 2.45) is 5.92 Å². The summed E-state index contributed by atoms with van der Waals surface area (Å²) in [5.41, 5.74) is 2.35. The van der Waals surface area contributed by atoms with Crippen LogP contribution in [0.25, 0.3) is 0 Å². The van der Waals surface area contributed by atoms with E-state index >= 15 is 0 Å². The minimum Gasteiger partial charge on any atom is -0.376 e. The zero-order valence-corrected chi connectivity index (χ0v) is 15.6. The Morgan fingerprint density at radius 1 is 1.28 bits per heavy atom. The molecule has 7 nitrogen and oxygen atoms in total. The topological polar surface area (TPSA) is 104 Å². The van der Waals surface area contributed by atoms with Gasteiger partial charge >= 0.3 is 0 Å². The fraction of sp³-hybridized carbons (Fsp3) is 0.529. The Bertz CT molecular complexity index is 759. The lowest BCUT2D eigenvalue weighted by molar-refractivity contribution is -0.120. The maximum atomic E-state index is 12.0. The van der Waals surface area contributed by atoms with Crippen molar-refractivity contribution in [2.45, 2.75) is 33.2 Å². The summed E-state index contributed by atoms with van der Waals surface area (Å²) < 4.78 is 22.8. The van der Waals surface area contributed by atoms with Gasteiger partial charge in [0.1, 0.15) is 0 Å². The van der Waals surface area contributed by atoms with Crippen LogP contribution in [-0.4, -0.2) is 44.3 Å². The van der Waals surface area contributed by atoms with Gasteiger partial charge in [0.15, 0.2) is 9.84 Å². The number of amides is 2. The van der Waals surface area contributed by atoms with Crippen LogP contribution < -0.4 is 16.0 Å². The number of anilines is 2.